The minimum Gasteiger partial charge on any atom is -0.410 e. The van der Waals surface area contributed by atoms with Crippen LogP contribution in [0.1, 0.15) is 23.2 Å². The lowest BCUT2D eigenvalue weighted by atomic mass is 10.1. The van der Waals surface area contributed by atoms with Crippen molar-refractivity contribution in [2.45, 2.75) is 32.4 Å². The van der Waals surface area contributed by atoms with Crippen LogP contribution in [0, 0.1) is 13.8 Å². The van der Waals surface area contributed by atoms with Crippen molar-refractivity contribution in [3.63, 3.8) is 0 Å². The minimum atomic E-state index is -0.109. The molecule has 0 saturated heterocycles. The van der Waals surface area contributed by atoms with E-state index in [0.717, 1.165) is 27.7 Å². The van der Waals surface area contributed by atoms with Gasteiger partial charge in [0.05, 0.1) is 16.5 Å². The van der Waals surface area contributed by atoms with E-state index in [1.54, 1.807) is 0 Å². The molecular weight excluding hydrogens is 356 g/mol. The summed E-state index contributed by atoms with van der Waals surface area (Å²) in [6, 6.07) is 7.82. The van der Waals surface area contributed by atoms with Crippen LogP contribution < -0.4 is 5.32 Å². The fraction of sp³-hybridized carbons (Fsp3) is 0.294. The van der Waals surface area contributed by atoms with E-state index in [0.29, 0.717) is 11.1 Å². The van der Waals surface area contributed by atoms with Gasteiger partial charge in [0.2, 0.25) is 5.91 Å². The molecule has 130 valence electrons. The van der Waals surface area contributed by atoms with Gasteiger partial charge >= 0.3 is 0 Å². The average molecular weight is 374 g/mol. The van der Waals surface area contributed by atoms with Gasteiger partial charge in [-0.25, -0.2) is 4.98 Å². The van der Waals surface area contributed by atoms with Gasteiger partial charge in [-0.1, -0.05) is 30.8 Å². The van der Waals surface area contributed by atoms with Gasteiger partial charge in [-0.3, -0.25) is 4.79 Å². The van der Waals surface area contributed by atoms with E-state index in [9.17, 15) is 4.79 Å². The summed E-state index contributed by atoms with van der Waals surface area (Å²) in [5, 5.41) is 12.2. The third-order valence-electron chi connectivity index (χ3n) is 3.45. The number of nitrogens with zero attached hydrogens (tertiary/aromatic N) is 3. The van der Waals surface area contributed by atoms with E-state index in [4.69, 9.17) is 4.42 Å². The number of amides is 1. The lowest BCUT2D eigenvalue weighted by molar-refractivity contribution is -0.113. The highest BCUT2D eigenvalue weighted by Crippen LogP contribution is 2.30. The lowest BCUT2D eigenvalue weighted by Gasteiger charge is -2.05. The monoisotopic (exact) mass is 374 g/mol. The van der Waals surface area contributed by atoms with Crippen molar-refractivity contribution in [2.24, 2.45) is 0 Å². The number of aryl methyl sites for hydroxylation is 3. The maximum Gasteiger partial charge on any atom is 0.277 e. The summed E-state index contributed by atoms with van der Waals surface area (Å²) < 4.78 is 5.63. The van der Waals surface area contributed by atoms with Gasteiger partial charge in [-0.2, -0.15) is 0 Å². The van der Waals surface area contributed by atoms with Crippen LogP contribution in [0.15, 0.2) is 33.9 Å². The Labute approximate surface area is 154 Å². The SMILES string of the molecule is CCc1cccc(NC(=O)CSc2nnc(-c3sc(C)nc3C)o2)c1. The van der Waals surface area contributed by atoms with Crippen LogP contribution in [0.25, 0.3) is 10.8 Å². The first kappa shape index (κ1) is 17.6. The molecule has 1 N–H and O–H groups in total. The fourth-order valence-electron chi connectivity index (χ4n) is 2.28. The van der Waals surface area contributed by atoms with Crippen LogP contribution in [-0.4, -0.2) is 26.8 Å². The van der Waals surface area contributed by atoms with E-state index in [1.165, 1.54) is 28.7 Å². The molecule has 0 atom stereocenters. The molecule has 1 aromatic carbocycles. The van der Waals surface area contributed by atoms with Crippen molar-refractivity contribution in [2.75, 3.05) is 11.1 Å². The zero-order valence-electron chi connectivity index (χ0n) is 14.2. The second kappa shape index (κ2) is 7.79. The van der Waals surface area contributed by atoms with Crippen molar-refractivity contribution in [1.29, 1.82) is 0 Å². The maximum atomic E-state index is 12.1. The molecular formula is C17H18N4O2S2. The molecule has 2 heterocycles. The zero-order valence-corrected chi connectivity index (χ0v) is 15.8. The highest BCUT2D eigenvalue weighted by atomic mass is 32.2. The minimum absolute atomic E-state index is 0.109. The predicted octanol–water partition coefficient (Wildman–Crippen LogP) is 4.10. The summed E-state index contributed by atoms with van der Waals surface area (Å²) in [6.45, 7) is 5.93. The number of anilines is 1. The average Bonchev–Trinajstić information content (AvgIpc) is 3.19. The highest BCUT2D eigenvalue weighted by Gasteiger charge is 2.16. The summed E-state index contributed by atoms with van der Waals surface area (Å²) in [5.74, 6) is 0.545. The van der Waals surface area contributed by atoms with Crippen molar-refractivity contribution >= 4 is 34.7 Å². The largest absolute Gasteiger partial charge is 0.410 e. The summed E-state index contributed by atoms with van der Waals surface area (Å²) >= 11 is 2.73. The highest BCUT2D eigenvalue weighted by molar-refractivity contribution is 7.99. The van der Waals surface area contributed by atoms with Gasteiger partial charge in [0.15, 0.2) is 0 Å². The van der Waals surface area contributed by atoms with E-state index < -0.39 is 0 Å². The Kier molecular flexibility index (Phi) is 5.50. The van der Waals surface area contributed by atoms with Gasteiger partial charge in [-0.15, -0.1) is 21.5 Å². The molecule has 0 bridgehead atoms. The van der Waals surface area contributed by atoms with Gasteiger partial charge in [-0.05, 0) is 38.0 Å². The molecule has 0 aliphatic carbocycles. The Morgan fingerprint density at radius 1 is 1.32 bits per heavy atom. The zero-order chi connectivity index (χ0) is 17.8. The molecule has 3 aromatic rings. The molecule has 0 fully saturated rings. The fourth-order valence-corrected chi connectivity index (χ4v) is 3.69. The Bertz CT molecular complexity index is 888. The van der Waals surface area contributed by atoms with Gasteiger partial charge < -0.3 is 9.73 Å². The number of hydrogen-bond acceptors (Lipinski definition) is 7. The molecule has 0 saturated carbocycles. The van der Waals surface area contributed by atoms with Crippen LogP contribution in [-0.2, 0) is 11.2 Å². The molecule has 3 rings (SSSR count). The summed E-state index contributed by atoms with van der Waals surface area (Å²) in [6.07, 6.45) is 0.930. The molecule has 0 aliphatic heterocycles. The number of aromatic nitrogens is 3. The van der Waals surface area contributed by atoms with E-state index in [1.807, 2.05) is 38.1 Å². The first-order valence-corrected chi connectivity index (χ1v) is 9.65. The topological polar surface area (TPSA) is 80.9 Å². The lowest BCUT2D eigenvalue weighted by Crippen LogP contribution is -2.14. The first-order valence-electron chi connectivity index (χ1n) is 7.84. The summed E-state index contributed by atoms with van der Waals surface area (Å²) in [5.41, 5.74) is 2.85. The Morgan fingerprint density at radius 2 is 2.16 bits per heavy atom. The van der Waals surface area contributed by atoms with E-state index >= 15 is 0 Å². The Morgan fingerprint density at radius 3 is 2.88 bits per heavy atom. The molecule has 0 spiro atoms. The van der Waals surface area contributed by atoms with Crippen LogP contribution in [0.2, 0.25) is 0 Å². The standard InChI is InChI=1S/C17H18N4O2S2/c1-4-12-6-5-7-13(8-12)19-14(22)9-24-17-21-20-16(23-17)15-10(2)18-11(3)25-15/h5-8H,4,9H2,1-3H3,(H,19,22). The normalized spacial score (nSPS) is 10.8. The van der Waals surface area contributed by atoms with Gasteiger partial charge in [0.1, 0.15) is 4.88 Å². The van der Waals surface area contributed by atoms with Crippen LogP contribution >= 0.6 is 23.1 Å². The van der Waals surface area contributed by atoms with Crippen LogP contribution in [0.4, 0.5) is 5.69 Å². The smallest absolute Gasteiger partial charge is 0.277 e. The van der Waals surface area contributed by atoms with Gasteiger partial charge in [0.25, 0.3) is 11.1 Å². The Balaban J connectivity index is 1.58. The number of carbonyl (C=O) groups is 1. The second-order valence-corrected chi connectivity index (χ2v) is 7.54. The second-order valence-electron chi connectivity index (χ2n) is 5.41. The van der Waals surface area contributed by atoms with Crippen molar-refractivity contribution < 1.29 is 9.21 Å². The molecule has 0 aliphatic rings. The number of benzene rings is 1. The number of thiazole rings is 1. The molecule has 8 heteroatoms. The third-order valence-corrected chi connectivity index (χ3v) is 5.33. The van der Waals surface area contributed by atoms with Crippen LogP contribution in [0.5, 0.6) is 0 Å². The molecule has 2 aromatic heterocycles. The molecule has 0 unspecified atom stereocenters. The van der Waals surface area contributed by atoms with E-state index in [-0.39, 0.29) is 11.7 Å². The summed E-state index contributed by atoms with van der Waals surface area (Å²) in [4.78, 5) is 17.3. The van der Waals surface area contributed by atoms with Crippen molar-refractivity contribution in [3.05, 3.63) is 40.5 Å². The first-order chi connectivity index (χ1) is 12.0. The molecule has 0 radical (unpaired) electrons. The number of thioether (sulfide) groups is 1. The number of hydrogen-bond donors (Lipinski definition) is 1. The van der Waals surface area contributed by atoms with Crippen molar-refractivity contribution in [3.8, 4) is 10.8 Å². The predicted molar refractivity (Wildman–Crippen MR) is 100 cm³/mol. The quantitative estimate of drug-likeness (QED) is 0.654. The van der Waals surface area contributed by atoms with Crippen LogP contribution in [0.3, 0.4) is 0 Å². The Hall–Kier alpha value is -2.19. The maximum absolute atomic E-state index is 12.1. The third kappa shape index (κ3) is 4.46. The number of carbonyl (C=O) groups excluding carboxylic acids is 1. The summed E-state index contributed by atoms with van der Waals surface area (Å²) in [7, 11) is 0. The molecule has 6 nitrogen and oxygen atoms in total. The molecule has 25 heavy (non-hydrogen) atoms. The van der Waals surface area contributed by atoms with Crippen molar-refractivity contribution in [1.82, 2.24) is 15.2 Å². The number of rotatable bonds is 6. The number of nitrogens with one attached hydrogen (secondary N) is 1. The van der Waals surface area contributed by atoms with E-state index in [2.05, 4.69) is 27.4 Å². The van der Waals surface area contributed by atoms with Gasteiger partial charge in [0, 0.05) is 5.69 Å². The molecule has 1 amide bonds.